The smallest absolute Gasteiger partial charge is 0.120 e. The van der Waals surface area contributed by atoms with Crippen LogP contribution >= 0.6 is 11.6 Å². The van der Waals surface area contributed by atoms with E-state index in [1.807, 2.05) is 19.2 Å². The molecule has 2 unspecified atom stereocenters. The zero-order chi connectivity index (χ0) is 12.4. The molecule has 1 fully saturated rings. The average molecular weight is 254 g/mol. The van der Waals surface area contributed by atoms with E-state index in [1.165, 1.54) is 18.4 Å². The van der Waals surface area contributed by atoms with Crippen molar-refractivity contribution < 1.29 is 4.74 Å². The number of hydrogen-bond acceptors (Lipinski definition) is 2. The first-order valence-electron chi connectivity index (χ1n) is 6.18. The molecule has 0 aromatic heterocycles. The van der Waals surface area contributed by atoms with Gasteiger partial charge in [-0.2, -0.15) is 0 Å². The van der Waals surface area contributed by atoms with Gasteiger partial charge in [-0.15, -0.1) is 0 Å². The normalized spacial score (nSPS) is 18.8. The Morgan fingerprint density at radius 1 is 1.41 bits per heavy atom. The van der Waals surface area contributed by atoms with Gasteiger partial charge in [0.15, 0.2) is 0 Å². The molecule has 2 rings (SSSR count). The molecule has 2 atom stereocenters. The zero-order valence-electron chi connectivity index (χ0n) is 10.7. The van der Waals surface area contributed by atoms with E-state index < -0.39 is 0 Å². The lowest BCUT2D eigenvalue weighted by atomic mass is 9.90. The van der Waals surface area contributed by atoms with Gasteiger partial charge in [0.05, 0.1) is 7.11 Å². The summed E-state index contributed by atoms with van der Waals surface area (Å²) in [6, 6.07) is 6.27. The summed E-state index contributed by atoms with van der Waals surface area (Å²) >= 11 is 6.33. The van der Waals surface area contributed by atoms with Gasteiger partial charge in [-0.25, -0.2) is 0 Å². The van der Waals surface area contributed by atoms with E-state index in [-0.39, 0.29) is 0 Å². The summed E-state index contributed by atoms with van der Waals surface area (Å²) in [5, 5.41) is 4.18. The van der Waals surface area contributed by atoms with Crippen LogP contribution in [0.15, 0.2) is 18.2 Å². The number of nitrogens with one attached hydrogen (secondary N) is 1. The second kappa shape index (κ2) is 5.28. The molecule has 94 valence electrons. The second-order valence-corrected chi connectivity index (χ2v) is 5.26. The lowest BCUT2D eigenvalue weighted by Gasteiger charge is -2.25. The van der Waals surface area contributed by atoms with Crippen LogP contribution in [0.2, 0.25) is 5.02 Å². The first-order valence-corrected chi connectivity index (χ1v) is 6.56. The molecule has 0 radical (unpaired) electrons. The molecule has 0 bridgehead atoms. The number of halogens is 1. The van der Waals surface area contributed by atoms with Gasteiger partial charge in [-0.05, 0) is 49.4 Å². The Kier molecular flexibility index (Phi) is 3.95. The fraction of sp³-hybridized carbons (Fsp3) is 0.571. The highest BCUT2D eigenvalue weighted by Crippen LogP contribution is 2.44. The molecule has 0 aliphatic heterocycles. The summed E-state index contributed by atoms with van der Waals surface area (Å²) in [4.78, 5) is 0. The van der Waals surface area contributed by atoms with Crippen LogP contribution in [0.25, 0.3) is 0 Å². The summed E-state index contributed by atoms with van der Waals surface area (Å²) < 4.78 is 5.18. The highest BCUT2D eigenvalue weighted by molar-refractivity contribution is 6.31. The van der Waals surface area contributed by atoms with Crippen LogP contribution in [0.5, 0.6) is 5.75 Å². The molecule has 0 spiro atoms. The minimum absolute atomic E-state index is 0.334. The molecular weight excluding hydrogens is 234 g/mol. The molecular formula is C14H20ClNO. The molecule has 3 heteroatoms. The van der Waals surface area contributed by atoms with Gasteiger partial charge in [0.2, 0.25) is 0 Å². The van der Waals surface area contributed by atoms with Crippen molar-refractivity contribution in [2.75, 3.05) is 14.2 Å². The van der Waals surface area contributed by atoms with Crippen molar-refractivity contribution in [3.05, 3.63) is 28.8 Å². The molecule has 0 heterocycles. The van der Waals surface area contributed by atoms with Gasteiger partial charge in [0.1, 0.15) is 5.75 Å². The van der Waals surface area contributed by atoms with E-state index in [2.05, 4.69) is 18.3 Å². The fourth-order valence-corrected chi connectivity index (χ4v) is 2.77. The maximum Gasteiger partial charge on any atom is 0.120 e. The zero-order valence-corrected chi connectivity index (χ0v) is 11.4. The van der Waals surface area contributed by atoms with Gasteiger partial charge < -0.3 is 10.1 Å². The predicted molar refractivity (Wildman–Crippen MR) is 71.7 cm³/mol. The third kappa shape index (κ3) is 2.75. The SMILES string of the molecule is CNC(c1ccc(OC)cc1Cl)C(C)C1CC1. The maximum atomic E-state index is 6.33. The van der Waals surface area contributed by atoms with Crippen LogP contribution in [0, 0.1) is 11.8 Å². The number of methoxy groups -OCH3 is 1. The van der Waals surface area contributed by atoms with E-state index >= 15 is 0 Å². The van der Waals surface area contributed by atoms with Crippen molar-refractivity contribution in [1.82, 2.24) is 5.32 Å². The van der Waals surface area contributed by atoms with Crippen LogP contribution in [0.1, 0.15) is 31.4 Å². The highest BCUT2D eigenvalue weighted by Gasteiger charge is 2.34. The number of hydrogen-bond donors (Lipinski definition) is 1. The van der Waals surface area contributed by atoms with Gasteiger partial charge in [-0.3, -0.25) is 0 Å². The first kappa shape index (κ1) is 12.7. The Labute approximate surface area is 108 Å². The standard InChI is InChI=1S/C14H20ClNO/c1-9(10-4-5-10)14(16-2)12-7-6-11(17-3)8-13(12)15/h6-10,14,16H,4-5H2,1-3H3. The molecule has 2 nitrogen and oxygen atoms in total. The van der Waals surface area contributed by atoms with E-state index in [0.29, 0.717) is 12.0 Å². The quantitative estimate of drug-likeness (QED) is 0.865. The van der Waals surface area contributed by atoms with E-state index in [9.17, 15) is 0 Å². The van der Waals surface area contributed by atoms with Crippen molar-refractivity contribution in [3.63, 3.8) is 0 Å². The Bertz CT molecular complexity index is 390. The molecule has 1 N–H and O–H groups in total. The highest BCUT2D eigenvalue weighted by atomic mass is 35.5. The average Bonchev–Trinajstić information content (AvgIpc) is 3.15. The van der Waals surface area contributed by atoms with Gasteiger partial charge in [0.25, 0.3) is 0 Å². The summed E-state index contributed by atoms with van der Waals surface area (Å²) in [5.41, 5.74) is 1.18. The van der Waals surface area contributed by atoms with Crippen molar-refractivity contribution in [1.29, 1.82) is 0 Å². The Morgan fingerprint density at radius 2 is 2.12 bits per heavy atom. The van der Waals surface area contributed by atoms with Crippen molar-refractivity contribution in [3.8, 4) is 5.75 Å². The van der Waals surface area contributed by atoms with Crippen LogP contribution in [0.3, 0.4) is 0 Å². The Balaban J connectivity index is 2.23. The van der Waals surface area contributed by atoms with E-state index in [0.717, 1.165) is 16.7 Å². The largest absolute Gasteiger partial charge is 0.497 e. The van der Waals surface area contributed by atoms with E-state index in [4.69, 9.17) is 16.3 Å². The van der Waals surface area contributed by atoms with Crippen molar-refractivity contribution in [2.24, 2.45) is 11.8 Å². The number of rotatable bonds is 5. The van der Waals surface area contributed by atoms with Crippen LogP contribution in [-0.4, -0.2) is 14.2 Å². The molecule has 0 saturated heterocycles. The summed E-state index contributed by atoms with van der Waals surface area (Å²) in [6.45, 7) is 2.30. The molecule has 1 aromatic carbocycles. The first-order chi connectivity index (χ1) is 8.17. The van der Waals surface area contributed by atoms with Crippen LogP contribution < -0.4 is 10.1 Å². The number of ether oxygens (including phenoxy) is 1. The summed E-state index contributed by atoms with van der Waals surface area (Å²) in [6.07, 6.45) is 2.71. The third-order valence-electron chi connectivity index (χ3n) is 3.75. The molecule has 0 amide bonds. The van der Waals surface area contributed by atoms with Crippen molar-refractivity contribution >= 4 is 11.6 Å². The maximum absolute atomic E-state index is 6.33. The van der Waals surface area contributed by atoms with Crippen LogP contribution in [-0.2, 0) is 0 Å². The number of benzene rings is 1. The lowest BCUT2D eigenvalue weighted by Crippen LogP contribution is -2.25. The Hall–Kier alpha value is -0.730. The minimum atomic E-state index is 0.334. The topological polar surface area (TPSA) is 21.3 Å². The van der Waals surface area contributed by atoms with E-state index in [1.54, 1.807) is 7.11 Å². The van der Waals surface area contributed by atoms with Gasteiger partial charge >= 0.3 is 0 Å². The lowest BCUT2D eigenvalue weighted by molar-refractivity contribution is 0.368. The molecule has 1 aliphatic rings. The van der Waals surface area contributed by atoms with Crippen molar-refractivity contribution in [2.45, 2.75) is 25.8 Å². The minimum Gasteiger partial charge on any atom is -0.497 e. The fourth-order valence-electron chi connectivity index (χ4n) is 2.48. The van der Waals surface area contributed by atoms with Gasteiger partial charge in [0, 0.05) is 11.1 Å². The van der Waals surface area contributed by atoms with Gasteiger partial charge in [-0.1, -0.05) is 24.6 Å². The molecule has 1 aromatic rings. The molecule has 1 saturated carbocycles. The molecule has 1 aliphatic carbocycles. The molecule has 17 heavy (non-hydrogen) atoms. The monoisotopic (exact) mass is 253 g/mol. The van der Waals surface area contributed by atoms with Crippen LogP contribution in [0.4, 0.5) is 0 Å². The second-order valence-electron chi connectivity index (χ2n) is 4.85. The summed E-state index contributed by atoms with van der Waals surface area (Å²) in [7, 11) is 3.66. The third-order valence-corrected chi connectivity index (χ3v) is 4.07. The Morgan fingerprint density at radius 3 is 2.59 bits per heavy atom. The predicted octanol–water partition coefficient (Wildman–Crippen LogP) is 3.66. The summed E-state index contributed by atoms with van der Waals surface area (Å²) in [5.74, 6) is 2.30.